The maximum atomic E-state index is 11.2. The van der Waals surface area contributed by atoms with Crippen molar-refractivity contribution in [3.63, 3.8) is 0 Å². The second-order valence-electron chi connectivity index (χ2n) is 9.37. The van der Waals surface area contributed by atoms with Crippen molar-refractivity contribution in [2.24, 2.45) is 0 Å². The normalized spacial score (nSPS) is 11.9. The maximum absolute atomic E-state index is 11.2. The maximum Gasteiger partial charge on any atom is 0.490 e. The van der Waals surface area contributed by atoms with E-state index in [1.54, 1.807) is 11.6 Å². The lowest BCUT2D eigenvalue weighted by molar-refractivity contribution is -0.193. The van der Waals surface area contributed by atoms with Crippen molar-refractivity contribution in [2.75, 3.05) is 6.54 Å². The second-order valence-corrected chi connectivity index (χ2v) is 9.37. The van der Waals surface area contributed by atoms with E-state index in [1.807, 2.05) is 12.1 Å². The van der Waals surface area contributed by atoms with Crippen molar-refractivity contribution < 1.29 is 56.1 Å². The van der Waals surface area contributed by atoms with Crippen LogP contribution < -0.4 is 5.48 Å². The molecule has 0 radical (unpaired) electrons. The predicted octanol–water partition coefficient (Wildman–Crippen LogP) is 5.28. The molecule has 0 fully saturated rings. The quantitative estimate of drug-likeness (QED) is 0.122. The Morgan fingerprint density at radius 1 is 1.00 bits per heavy atom. The van der Waals surface area contributed by atoms with Gasteiger partial charge in [-0.2, -0.15) is 26.3 Å². The zero-order valence-corrected chi connectivity index (χ0v) is 23.8. The molecule has 0 spiro atoms. The van der Waals surface area contributed by atoms with E-state index < -0.39 is 30.2 Å². The lowest BCUT2D eigenvalue weighted by Crippen LogP contribution is -2.39. The minimum Gasteiger partial charge on any atom is -0.475 e. The van der Waals surface area contributed by atoms with E-state index in [0.29, 0.717) is 12.1 Å². The van der Waals surface area contributed by atoms with E-state index in [1.165, 1.54) is 6.08 Å². The summed E-state index contributed by atoms with van der Waals surface area (Å²) in [7, 11) is 0. The van der Waals surface area contributed by atoms with E-state index in [4.69, 9.17) is 30.0 Å². The van der Waals surface area contributed by atoms with Crippen LogP contribution >= 0.6 is 0 Å². The Balaban J connectivity index is 0.000000990. The number of unbranched alkanes of at least 4 members (excludes halogenated alkanes) is 1. The number of fused-ring (bicyclic) bond motifs is 1. The third-order valence-electron chi connectivity index (χ3n) is 5.54. The van der Waals surface area contributed by atoms with Gasteiger partial charge in [-0.15, -0.1) is 0 Å². The minimum absolute atomic E-state index is 0.503. The molecule has 0 atom stereocenters. The van der Waals surface area contributed by atoms with Gasteiger partial charge in [0.25, 0.3) is 5.91 Å². The number of aromatic nitrogens is 2. The van der Waals surface area contributed by atoms with Crippen LogP contribution in [0, 0.1) is 0 Å². The van der Waals surface area contributed by atoms with E-state index in [-0.39, 0.29) is 0 Å². The number of nitrogens with zero attached hydrogens (tertiary/aromatic N) is 3. The fourth-order valence-electron chi connectivity index (χ4n) is 3.61. The van der Waals surface area contributed by atoms with Crippen LogP contribution in [0.25, 0.3) is 17.1 Å². The van der Waals surface area contributed by atoms with Gasteiger partial charge in [0.2, 0.25) is 0 Å². The van der Waals surface area contributed by atoms with Gasteiger partial charge in [0.05, 0.1) is 11.0 Å². The minimum atomic E-state index is -5.08. The largest absolute Gasteiger partial charge is 0.490 e. The van der Waals surface area contributed by atoms with Crippen LogP contribution in [-0.2, 0) is 27.3 Å². The van der Waals surface area contributed by atoms with Gasteiger partial charge in [0.1, 0.15) is 5.82 Å². The molecule has 10 nitrogen and oxygen atoms in total. The lowest BCUT2D eigenvalue weighted by Gasteiger charge is -2.30. The number of hydroxylamine groups is 1. The molecule has 238 valence electrons. The van der Waals surface area contributed by atoms with Crippen LogP contribution in [0.1, 0.15) is 58.8 Å². The highest BCUT2D eigenvalue weighted by molar-refractivity contribution is 5.91. The Bertz CT molecular complexity index is 1160. The van der Waals surface area contributed by atoms with Crippen molar-refractivity contribution in [1.29, 1.82) is 0 Å². The number of carboxylic acids is 2. The molecule has 0 aliphatic heterocycles. The first-order valence-corrected chi connectivity index (χ1v) is 12.7. The summed E-state index contributed by atoms with van der Waals surface area (Å²) < 4.78 is 65.8. The summed E-state index contributed by atoms with van der Waals surface area (Å²) in [6.45, 7) is 13.1. The number of alkyl halides is 6. The number of hydrogen-bond acceptors (Lipinski definition) is 6. The molecule has 1 heterocycles. The molecule has 1 amide bonds. The summed E-state index contributed by atoms with van der Waals surface area (Å²) in [4.78, 5) is 36.4. The summed E-state index contributed by atoms with van der Waals surface area (Å²) >= 11 is 0. The Morgan fingerprint density at radius 2 is 1.50 bits per heavy atom. The zero-order chi connectivity index (χ0) is 32.8. The van der Waals surface area contributed by atoms with Gasteiger partial charge in [0.15, 0.2) is 0 Å². The van der Waals surface area contributed by atoms with Gasteiger partial charge >= 0.3 is 24.3 Å². The van der Waals surface area contributed by atoms with Crippen molar-refractivity contribution in [1.82, 2.24) is 19.9 Å². The standard InChI is InChI=1S/C22H34N4O2.2C2HF3O2/c1-6-7-8-21-23-19-15-18(10-12-22(27)24-28)9-11-20(19)26(21)14-13-25(16(2)3)17(4)5;2*3-2(4,5)1(6)7/h9-12,15-17,28H,6-8,13-14H2,1-5H3,(H,24,27);2*(H,6,7)/b12-10+;;. The van der Waals surface area contributed by atoms with Crippen molar-refractivity contribution in [3.8, 4) is 0 Å². The zero-order valence-electron chi connectivity index (χ0n) is 23.8. The fraction of sp³-hybridized carbons (Fsp3) is 0.538. The number of hydrogen-bond donors (Lipinski definition) is 4. The predicted molar refractivity (Wildman–Crippen MR) is 142 cm³/mol. The van der Waals surface area contributed by atoms with E-state index >= 15 is 0 Å². The van der Waals surface area contributed by atoms with Crippen molar-refractivity contribution in [3.05, 3.63) is 35.7 Å². The van der Waals surface area contributed by atoms with Gasteiger partial charge in [-0.05, 0) is 57.9 Å². The van der Waals surface area contributed by atoms with Gasteiger partial charge in [-0.25, -0.2) is 20.1 Å². The monoisotopic (exact) mass is 614 g/mol. The molecule has 0 aliphatic rings. The number of carbonyl (C=O) groups is 3. The summed E-state index contributed by atoms with van der Waals surface area (Å²) in [6.07, 6.45) is -3.97. The Hall–Kier alpha value is -3.66. The fourth-order valence-corrected chi connectivity index (χ4v) is 3.61. The molecule has 16 heteroatoms. The molecule has 42 heavy (non-hydrogen) atoms. The Morgan fingerprint density at radius 3 is 1.90 bits per heavy atom. The summed E-state index contributed by atoms with van der Waals surface area (Å²) in [6, 6.07) is 7.05. The molecule has 0 aliphatic carbocycles. The number of rotatable bonds is 10. The number of aliphatic carboxylic acids is 2. The number of imidazole rings is 1. The first-order chi connectivity index (χ1) is 19.3. The molecule has 2 rings (SSSR count). The van der Waals surface area contributed by atoms with Crippen LogP contribution in [-0.4, -0.2) is 78.7 Å². The molecular weight excluding hydrogens is 578 g/mol. The smallest absolute Gasteiger partial charge is 0.475 e. The number of amides is 1. The van der Waals surface area contributed by atoms with E-state index in [0.717, 1.165) is 54.8 Å². The van der Waals surface area contributed by atoms with Crippen LogP contribution in [0.2, 0.25) is 0 Å². The number of nitrogens with one attached hydrogen (secondary N) is 1. The first kappa shape index (κ1) is 38.3. The Labute approximate surface area is 238 Å². The topological polar surface area (TPSA) is 145 Å². The third kappa shape index (κ3) is 13.8. The second kappa shape index (κ2) is 17.3. The van der Waals surface area contributed by atoms with Crippen LogP contribution in [0.3, 0.4) is 0 Å². The third-order valence-corrected chi connectivity index (χ3v) is 5.54. The first-order valence-electron chi connectivity index (χ1n) is 12.7. The van der Waals surface area contributed by atoms with Gasteiger partial charge in [0, 0.05) is 37.7 Å². The molecular formula is C26H36F6N4O6. The van der Waals surface area contributed by atoms with Crippen LogP contribution in [0.5, 0.6) is 0 Å². The number of aryl methyl sites for hydroxylation is 1. The SMILES string of the molecule is CCCCc1nc2cc(/C=C/C(=O)NO)ccc2n1CCN(C(C)C)C(C)C.O=C(O)C(F)(F)F.O=C(O)C(F)(F)F. The molecule has 1 aromatic heterocycles. The highest BCUT2D eigenvalue weighted by atomic mass is 19.4. The summed E-state index contributed by atoms with van der Waals surface area (Å²) in [5, 5.41) is 22.9. The molecule has 0 unspecified atom stereocenters. The van der Waals surface area contributed by atoms with Crippen LogP contribution in [0.4, 0.5) is 26.3 Å². The summed E-state index contributed by atoms with van der Waals surface area (Å²) in [5.41, 5.74) is 4.56. The molecule has 2 aromatic rings. The van der Waals surface area contributed by atoms with Gasteiger partial charge in [-0.3, -0.25) is 14.9 Å². The van der Waals surface area contributed by atoms with Gasteiger partial charge < -0.3 is 14.8 Å². The van der Waals surface area contributed by atoms with E-state index in [2.05, 4.69) is 50.2 Å². The highest BCUT2D eigenvalue weighted by Crippen LogP contribution is 2.21. The highest BCUT2D eigenvalue weighted by Gasteiger charge is 2.38. The molecule has 0 bridgehead atoms. The number of carbonyl (C=O) groups excluding carboxylic acids is 1. The molecule has 4 N–H and O–H groups in total. The number of carboxylic acid groups (broad SMARTS) is 2. The van der Waals surface area contributed by atoms with Crippen LogP contribution in [0.15, 0.2) is 24.3 Å². The Kier molecular flexibility index (Phi) is 15.8. The molecule has 0 saturated heterocycles. The van der Waals surface area contributed by atoms with Crippen molar-refractivity contribution in [2.45, 2.75) is 84.9 Å². The number of benzene rings is 1. The van der Waals surface area contributed by atoms with Gasteiger partial charge in [-0.1, -0.05) is 19.4 Å². The average molecular weight is 615 g/mol. The molecule has 0 saturated carbocycles. The summed E-state index contributed by atoms with van der Waals surface area (Å²) in [5.74, 6) is -4.93. The molecule has 1 aromatic carbocycles. The average Bonchev–Trinajstić information content (AvgIpc) is 3.21. The number of halogens is 6. The van der Waals surface area contributed by atoms with Crippen molar-refractivity contribution >= 4 is 35.0 Å². The van der Waals surface area contributed by atoms with E-state index in [9.17, 15) is 31.1 Å². The lowest BCUT2D eigenvalue weighted by atomic mass is 10.2.